The lowest BCUT2D eigenvalue weighted by Gasteiger charge is -2.16. The zero-order valence-electron chi connectivity index (χ0n) is 16.7. The van der Waals surface area contributed by atoms with Crippen molar-refractivity contribution < 1.29 is 17.7 Å². The molecule has 0 bridgehead atoms. The number of nitrogens with zero attached hydrogens (tertiary/aromatic N) is 4. The van der Waals surface area contributed by atoms with Crippen molar-refractivity contribution in [2.75, 3.05) is 21.1 Å². The Morgan fingerprint density at radius 2 is 1.76 bits per heavy atom. The molecule has 0 saturated carbocycles. The Bertz CT molecular complexity index is 1120. The highest BCUT2D eigenvalue weighted by molar-refractivity contribution is 7.89. The van der Waals surface area contributed by atoms with Gasteiger partial charge in [0, 0.05) is 32.3 Å². The maximum atomic E-state index is 12.7. The second kappa shape index (κ2) is 8.14. The maximum absolute atomic E-state index is 12.7. The predicted octanol–water partition coefficient (Wildman–Crippen LogP) is 2.57. The molecule has 0 aliphatic heterocycles. The third-order valence-corrected chi connectivity index (χ3v) is 6.17. The lowest BCUT2D eigenvalue weighted by Crippen LogP contribution is -2.27. The fourth-order valence-corrected chi connectivity index (χ4v) is 3.58. The standard InChI is InChI=1S/C20H22N4O4S/c1-14-8-10-15(11-9-14)19-21-18(28-22-19)13-24(4)20(25)16-6-5-7-17(12-16)29(26,27)23(2)3/h5-12H,13H2,1-4H3. The number of hydrogen-bond donors (Lipinski definition) is 0. The molecule has 2 aromatic carbocycles. The molecule has 3 rings (SSSR count). The van der Waals surface area contributed by atoms with Crippen molar-refractivity contribution in [3.63, 3.8) is 0 Å². The third-order valence-electron chi connectivity index (χ3n) is 4.36. The van der Waals surface area contributed by atoms with Gasteiger partial charge in [-0.05, 0) is 25.1 Å². The Morgan fingerprint density at radius 1 is 1.07 bits per heavy atom. The van der Waals surface area contributed by atoms with Crippen molar-refractivity contribution >= 4 is 15.9 Å². The van der Waals surface area contributed by atoms with Gasteiger partial charge in [0.15, 0.2) is 0 Å². The molecule has 0 spiro atoms. The molecular formula is C20H22N4O4S. The van der Waals surface area contributed by atoms with Gasteiger partial charge in [-0.2, -0.15) is 4.98 Å². The molecule has 0 fully saturated rings. The second-order valence-corrected chi connectivity index (χ2v) is 9.01. The average Bonchev–Trinajstić information content (AvgIpc) is 3.16. The summed E-state index contributed by atoms with van der Waals surface area (Å²) >= 11 is 0. The summed E-state index contributed by atoms with van der Waals surface area (Å²) in [6.45, 7) is 2.09. The molecule has 1 heterocycles. The number of hydrogen-bond acceptors (Lipinski definition) is 6. The molecule has 0 unspecified atom stereocenters. The van der Waals surface area contributed by atoms with Gasteiger partial charge in [-0.3, -0.25) is 4.79 Å². The summed E-state index contributed by atoms with van der Waals surface area (Å²) in [4.78, 5) is 18.5. The molecule has 0 atom stereocenters. The highest BCUT2D eigenvalue weighted by Gasteiger charge is 2.21. The minimum atomic E-state index is -3.63. The normalized spacial score (nSPS) is 11.6. The summed E-state index contributed by atoms with van der Waals surface area (Å²) in [5, 5.41) is 3.96. The average molecular weight is 414 g/mol. The van der Waals surface area contributed by atoms with E-state index in [9.17, 15) is 13.2 Å². The minimum Gasteiger partial charge on any atom is -0.337 e. The van der Waals surface area contributed by atoms with Crippen LogP contribution in [0.3, 0.4) is 0 Å². The van der Waals surface area contributed by atoms with Crippen molar-refractivity contribution in [2.24, 2.45) is 0 Å². The number of rotatable bonds is 6. The number of aryl methyl sites for hydroxylation is 1. The molecule has 0 aliphatic carbocycles. The SMILES string of the molecule is Cc1ccc(-c2noc(CN(C)C(=O)c3cccc(S(=O)(=O)N(C)C)c3)n2)cc1. The zero-order valence-corrected chi connectivity index (χ0v) is 17.5. The van der Waals surface area contributed by atoms with Crippen LogP contribution in [0.1, 0.15) is 21.8 Å². The van der Waals surface area contributed by atoms with E-state index in [2.05, 4.69) is 10.1 Å². The van der Waals surface area contributed by atoms with Gasteiger partial charge in [-0.1, -0.05) is 41.1 Å². The fourth-order valence-electron chi connectivity index (χ4n) is 2.63. The number of carbonyl (C=O) groups is 1. The van der Waals surface area contributed by atoms with E-state index in [4.69, 9.17) is 4.52 Å². The van der Waals surface area contributed by atoms with Crippen molar-refractivity contribution in [2.45, 2.75) is 18.4 Å². The van der Waals surface area contributed by atoms with Crippen LogP contribution in [0.2, 0.25) is 0 Å². The van der Waals surface area contributed by atoms with Crippen LogP contribution in [-0.4, -0.2) is 54.8 Å². The van der Waals surface area contributed by atoms with E-state index in [0.29, 0.717) is 5.82 Å². The lowest BCUT2D eigenvalue weighted by atomic mass is 10.1. The first kappa shape index (κ1) is 20.7. The van der Waals surface area contributed by atoms with E-state index >= 15 is 0 Å². The molecular weight excluding hydrogens is 392 g/mol. The van der Waals surface area contributed by atoms with Crippen LogP contribution < -0.4 is 0 Å². The minimum absolute atomic E-state index is 0.0567. The van der Waals surface area contributed by atoms with E-state index < -0.39 is 10.0 Å². The van der Waals surface area contributed by atoms with Crippen LogP contribution in [0.5, 0.6) is 0 Å². The zero-order chi connectivity index (χ0) is 21.2. The van der Waals surface area contributed by atoms with Gasteiger partial charge in [0.2, 0.25) is 21.7 Å². The van der Waals surface area contributed by atoms with Crippen molar-refractivity contribution in [3.05, 3.63) is 65.5 Å². The van der Waals surface area contributed by atoms with E-state index in [-0.39, 0.29) is 28.8 Å². The topological polar surface area (TPSA) is 96.6 Å². The van der Waals surface area contributed by atoms with Crippen LogP contribution in [0, 0.1) is 6.92 Å². The first-order valence-corrected chi connectivity index (χ1v) is 10.3. The monoisotopic (exact) mass is 414 g/mol. The Balaban J connectivity index is 1.76. The van der Waals surface area contributed by atoms with Crippen molar-refractivity contribution in [1.82, 2.24) is 19.3 Å². The number of sulfonamides is 1. The van der Waals surface area contributed by atoms with Gasteiger partial charge in [-0.25, -0.2) is 12.7 Å². The molecule has 29 heavy (non-hydrogen) atoms. The van der Waals surface area contributed by atoms with Gasteiger partial charge in [-0.15, -0.1) is 0 Å². The van der Waals surface area contributed by atoms with Crippen LogP contribution in [0.4, 0.5) is 0 Å². The third kappa shape index (κ3) is 4.52. The Morgan fingerprint density at radius 3 is 2.41 bits per heavy atom. The number of benzene rings is 2. The molecule has 0 radical (unpaired) electrons. The summed E-state index contributed by atoms with van der Waals surface area (Å²) in [5.41, 5.74) is 2.20. The second-order valence-electron chi connectivity index (χ2n) is 6.85. The maximum Gasteiger partial charge on any atom is 0.254 e. The Kier molecular flexibility index (Phi) is 5.81. The molecule has 9 heteroatoms. The van der Waals surface area contributed by atoms with Crippen molar-refractivity contribution in [1.29, 1.82) is 0 Å². The van der Waals surface area contributed by atoms with Crippen LogP contribution in [0.25, 0.3) is 11.4 Å². The molecule has 3 aromatic rings. The van der Waals surface area contributed by atoms with E-state index in [1.165, 1.54) is 31.1 Å². The van der Waals surface area contributed by atoms with Gasteiger partial charge in [0.05, 0.1) is 11.4 Å². The summed E-state index contributed by atoms with van der Waals surface area (Å²) in [6, 6.07) is 13.6. The summed E-state index contributed by atoms with van der Waals surface area (Å²) in [7, 11) is 0.846. The number of amides is 1. The molecule has 1 aromatic heterocycles. The summed E-state index contributed by atoms with van der Waals surface area (Å²) in [5.74, 6) is 0.379. The van der Waals surface area contributed by atoms with E-state index in [1.54, 1.807) is 19.2 Å². The number of carbonyl (C=O) groups excluding carboxylic acids is 1. The first-order valence-electron chi connectivity index (χ1n) is 8.86. The van der Waals surface area contributed by atoms with E-state index in [1.807, 2.05) is 31.2 Å². The van der Waals surface area contributed by atoms with Gasteiger partial charge in [0.1, 0.15) is 0 Å². The number of aromatic nitrogens is 2. The molecule has 152 valence electrons. The Labute approximate surface area is 169 Å². The molecule has 0 aliphatic rings. The summed E-state index contributed by atoms with van der Waals surface area (Å²) < 4.78 is 30.9. The lowest BCUT2D eigenvalue weighted by molar-refractivity contribution is 0.0769. The highest BCUT2D eigenvalue weighted by Crippen LogP contribution is 2.19. The van der Waals surface area contributed by atoms with Crippen molar-refractivity contribution in [3.8, 4) is 11.4 Å². The van der Waals surface area contributed by atoms with Crippen LogP contribution >= 0.6 is 0 Å². The van der Waals surface area contributed by atoms with Gasteiger partial charge in [0.25, 0.3) is 5.91 Å². The summed E-state index contributed by atoms with van der Waals surface area (Å²) in [6.07, 6.45) is 0. The molecule has 0 saturated heterocycles. The van der Waals surface area contributed by atoms with Gasteiger partial charge >= 0.3 is 0 Å². The highest BCUT2D eigenvalue weighted by atomic mass is 32.2. The predicted molar refractivity (Wildman–Crippen MR) is 108 cm³/mol. The molecule has 0 N–H and O–H groups in total. The quantitative estimate of drug-likeness (QED) is 0.615. The smallest absolute Gasteiger partial charge is 0.254 e. The largest absolute Gasteiger partial charge is 0.337 e. The first-order chi connectivity index (χ1) is 13.7. The van der Waals surface area contributed by atoms with Crippen LogP contribution in [0.15, 0.2) is 57.9 Å². The van der Waals surface area contributed by atoms with E-state index in [0.717, 1.165) is 15.4 Å². The van der Waals surface area contributed by atoms with Crippen LogP contribution in [-0.2, 0) is 16.6 Å². The molecule has 1 amide bonds. The Hall–Kier alpha value is -3.04. The van der Waals surface area contributed by atoms with Gasteiger partial charge < -0.3 is 9.42 Å². The molecule has 8 nitrogen and oxygen atoms in total. The fraction of sp³-hybridized carbons (Fsp3) is 0.250.